The molecule has 140 valence electrons. The number of halogens is 3. The summed E-state index contributed by atoms with van der Waals surface area (Å²) in [6.45, 7) is 1.91. The topological polar surface area (TPSA) is 108 Å². The van der Waals surface area contributed by atoms with E-state index in [-0.39, 0.29) is 24.8 Å². The number of benzene rings is 1. The van der Waals surface area contributed by atoms with Crippen molar-refractivity contribution in [2.45, 2.75) is 13.3 Å². The van der Waals surface area contributed by atoms with Crippen LogP contribution in [0.25, 0.3) is 0 Å². The first-order chi connectivity index (χ1) is 12.2. The minimum Gasteiger partial charge on any atom is -0.406 e. The van der Waals surface area contributed by atoms with Crippen LogP contribution in [0.5, 0.6) is 5.75 Å². The number of nitrogens with zero attached hydrogens (tertiary/aromatic N) is 2. The second kappa shape index (κ2) is 8.34. The van der Waals surface area contributed by atoms with Gasteiger partial charge in [-0.2, -0.15) is 4.98 Å². The molecule has 2 rings (SSSR count). The molecule has 2 aromatic rings. The van der Waals surface area contributed by atoms with E-state index in [1.54, 1.807) is 13.0 Å². The van der Waals surface area contributed by atoms with Gasteiger partial charge < -0.3 is 20.5 Å². The average Bonchev–Trinajstić information content (AvgIpc) is 2.53. The highest BCUT2D eigenvalue weighted by Gasteiger charge is 2.30. The second-order valence-corrected chi connectivity index (χ2v) is 5.02. The van der Waals surface area contributed by atoms with Crippen LogP contribution in [-0.2, 0) is 0 Å². The number of aryl methyl sites for hydroxylation is 1. The molecule has 0 radical (unpaired) electrons. The normalized spacial score (nSPS) is 11.0. The lowest BCUT2D eigenvalue weighted by Gasteiger charge is -2.11. The van der Waals surface area contributed by atoms with Crippen molar-refractivity contribution in [3.63, 3.8) is 0 Å². The Kier molecular flexibility index (Phi) is 6.17. The van der Waals surface area contributed by atoms with Crippen molar-refractivity contribution >= 4 is 23.5 Å². The van der Waals surface area contributed by atoms with E-state index in [0.29, 0.717) is 11.5 Å². The number of hydrogen-bond acceptors (Lipinski definition) is 6. The molecule has 0 spiro atoms. The Bertz CT molecular complexity index is 753. The summed E-state index contributed by atoms with van der Waals surface area (Å²) in [7, 11) is 0. The molecule has 11 heteroatoms. The van der Waals surface area contributed by atoms with Crippen molar-refractivity contribution < 1.29 is 27.8 Å². The maximum absolute atomic E-state index is 12.1. The molecular formula is C15H16F3N5O3. The van der Waals surface area contributed by atoms with Gasteiger partial charge >= 0.3 is 12.4 Å². The van der Waals surface area contributed by atoms with Crippen molar-refractivity contribution in [3.8, 4) is 5.75 Å². The molecule has 0 bridgehead atoms. The van der Waals surface area contributed by atoms with Gasteiger partial charge in [0.15, 0.2) is 0 Å². The first kappa shape index (κ1) is 19.2. The summed E-state index contributed by atoms with van der Waals surface area (Å²) in [5.74, 6) is 0.0561. The number of carbonyl (C=O) groups excluding carboxylic acids is 1. The van der Waals surface area contributed by atoms with Gasteiger partial charge in [-0.25, -0.2) is 9.78 Å². The molecule has 0 atom stereocenters. The molecular weight excluding hydrogens is 355 g/mol. The van der Waals surface area contributed by atoms with Gasteiger partial charge in [-0.05, 0) is 31.2 Å². The molecule has 1 aromatic carbocycles. The van der Waals surface area contributed by atoms with Gasteiger partial charge in [0.2, 0.25) is 5.95 Å². The number of aliphatic hydroxyl groups excluding tert-OH is 1. The van der Waals surface area contributed by atoms with Gasteiger partial charge in [0.25, 0.3) is 0 Å². The SMILES string of the molecule is Cc1cc(NCCO)nc(NC(=O)Nc2ccc(OC(F)(F)F)cc2)n1. The van der Waals surface area contributed by atoms with E-state index in [0.717, 1.165) is 12.1 Å². The minimum absolute atomic E-state index is 0.0277. The fourth-order valence-electron chi connectivity index (χ4n) is 1.90. The first-order valence-electron chi connectivity index (χ1n) is 7.39. The van der Waals surface area contributed by atoms with Crippen LogP contribution in [0.2, 0.25) is 0 Å². The van der Waals surface area contributed by atoms with Crippen LogP contribution in [0.3, 0.4) is 0 Å². The number of ether oxygens (including phenoxy) is 1. The Balaban J connectivity index is 1.97. The minimum atomic E-state index is -4.78. The van der Waals surface area contributed by atoms with Crippen LogP contribution < -0.4 is 20.7 Å². The lowest BCUT2D eigenvalue weighted by atomic mass is 10.3. The fraction of sp³-hybridized carbons (Fsp3) is 0.267. The summed E-state index contributed by atoms with van der Waals surface area (Å²) in [6.07, 6.45) is -4.78. The summed E-state index contributed by atoms with van der Waals surface area (Å²) in [6, 6.07) is 5.62. The van der Waals surface area contributed by atoms with Gasteiger partial charge in [-0.3, -0.25) is 5.32 Å². The molecule has 0 saturated heterocycles. The number of alkyl halides is 3. The van der Waals surface area contributed by atoms with E-state index in [1.165, 1.54) is 12.1 Å². The van der Waals surface area contributed by atoms with Gasteiger partial charge in [-0.15, -0.1) is 13.2 Å². The molecule has 0 aliphatic heterocycles. The highest BCUT2D eigenvalue weighted by atomic mass is 19.4. The number of urea groups is 1. The molecule has 0 unspecified atom stereocenters. The largest absolute Gasteiger partial charge is 0.573 e. The summed E-state index contributed by atoms with van der Waals surface area (Å²) in [5.41, 5.74) is 0.840. The van der Waals surface area contributed by atoms with Crippen LogP contribution in [0.15, 0.2) is 30.3 Å². The van der Waals surface area contributed by atoms with Crippen molar-refractivity contribution in [2.75, 3.05) is 29.1 Å². The van der Waals surface area contributed by atoms with Gasteiger partial charge in [0.05, 0.1) is 6.61 Å². The average molecular weight is 371 g/mol. The molecule has 2 amide bonds. The van der Waals surface area contributed by atoms with Crippen molar-refractivity contribution in [1.82, 2.24) is 9.97 Å². The number of amides is 2. The summed E-state index contributed by atoms with van der Waals surface area (Å²) >= 11 is 0. The Morgan fingerprint density at radius 1 is 1.19 bits per heavy atom. The Hall–Kier alpha value is -3.08. The van der Waals surface area contributed by atoms with Crippen molar-refractivity contribution in [2.24, 2.45) is 0 Å². The zero-order valence-electron chi connectivity index (χ0n) is 13.6. The van der Waals surface area contributed by atoms with E-state index in [9.17, 15) is 18.0 Å². The van der Waals surface area contributed by atoms with E-state index in [4.69, 9.17) is 5.11 Å². The van der Waals surface area contributed by atoms with Crippen molar-refractivity contribution in [3.05, 3.63) is 36.0 Å². The molecule has 0 aliphatic carbocycles. The number of hydrogen-bond donors (Lipinski definition) is 4. The number of anilines is 3. The lowest BCUT2D eigenvalue weighted by molar-refractivity contribution is -0.274. The monoisotopic (exact) mass is 371 g/mol. The highest BCUT2D eigenvalue weighted by Crippen LogP contribution is 2.24. The van der Waals surface area contributed by atoms with Crippen LogP contribution in [-0.4, -0.2) is 40.6 Å². The number of aliphatic hydroxyl groups is 1. The Morgan fingerprint density at radius 3 is 2.50 bits per heavy atom. The highest BCUT2D eigenvalue weighted by molar-refractivity contribution is 5.98. The molecule has 4 N–H and O–H groups in total. The maximum atomic E-state index is 12.1. The zero-order valence-corrected chi connectivity index (χ0v) is 13.6. The molecule has 26 heavy (non-hydrogen) atoms. The van der Waals surface area contributed by atoms with E-state index in [2.05, 4.69) is 30.7 Å². The molecule has 0 aliphatic rings. The Labute approximate surface area is 146 Å². The van der Waals surface area contributed by atoms with Crippen LogP contribution >= 0.6 is 0 Å². The third-order valence-electron chi connectivity index (χ3n) is 2.84. The number of nitrogens with one attached hydrogen (secondary N) is 3. The summed E-state index contributed by atoms with van der Waals surface area (Å²) in [5, 5.41) is 16.5. The van der Waals surface area contributed by atoms with E-state index < -0.39 is 18.1 Å². The predicted octanol–water partition coefficient (Wildman–Crippen LogP) is 2.73. The third kappa shape index (κ3) is 6.43. The van der Waals surface area contributed by atoms with Gasteiger partial charge in [0, 0.05) is 24.0 Å². The van der Waals surface area contributed by atoms with Crippen molar-refractivity contribution in [1.29, 1.82) is 0 Å². The van der Waals surface area contributed by atoms with Crippen LogP contribution in [0.4, 0.5) is 35.4 Å². The number of aromatic nitrogens is 2. The van der Waals surface area contributed by atoms with Gasteiger partial charge in [0.1, 0.15) is 11.6 Å². The lowest BCUT2D eigenvalue weighted by Crippen LogP contribution is -2.21. The first-order valence-corrected chi connectivity index (χ1v) is 7.39. The summed E-state index contributed by atoms with van der Waals surface area (Å²) < 4.78 is 40.0. The second-order valence-electron chi connectivity index (χ2n) is 5.02. The van der Waals surface area contributed by atoms with E-state index >= 15 is 0 Å². The van der Waals surface area contributed by atoms with Crippen LogP contribution in [0.1, 0.15) is 5.69 Å². The van der Waals surface area contributed by atoms with Crippen LogP contribution in [0, 0.1) is 6.92 Å². The molecule has 1 aromatic heterocycles. The molecule has 0 saturated carbocycles. The molecule has 8 nitrogen and oxygen atoms in total. The number of rotatable bonds is 6. The zero-order chi connectivity index (χ0) is 19.2. The smallest absolute Gasteiger partial charge is 0.406 e. The quantitative estimate of drug-likeness (QED) is 0.622. The van der Waals surface area contributed by atoms with E-state index in [1.807, 2.05) is 0 Å². The summed E-state index contributed by atoms with van der Waals surface area (Å²) in [4.78, 5) is 20.1. The third-order valence-corrected chi connectivity index (χ3v) is 2.84. The standard InChI is InChI=1S/C15H16F3N5O3/c1-9-8-12(19-6-7-24)22-13(20-9)23-14(25)21-10-2-4-11(5-3-10)26-15(16,17)18/h2-5,8,24H,6-7H2,1H3,(H3,19,20,21,22,23,25). The number of carbonyl (C=O) groups is 1. The fourth-order valence-corrected chi connectivity index (χ4v) is 1.90. The predicted molar refractivity (Wildman–Crippen MR) is 88.1 cm³/mol. The Morgan fingerprint density at radius 2 is 1.88 bits per heavy atom. The molecule has 1 heterocycles. The van der Waals surface area contributed by atoms with Gasteiger partial charge in [-0.1, -0.05) is 0 Å². The maximum Gasteiger partial charge on any atom is 0.573 e. The molecule has 0 fully saturated rings.